The van der Waals surface area contributed by atoms with E-state index in [2.05, 4.69) is 61.4 Å². The van der Waals surface area contributed by atoms with E-state index < -0.39 is 0 Å². The van der Waals surface area contributed by atoms with Gasteiger partial charge in [-0.2, -0.15) is 0 Å². The summed E-state index contributed by atoms with van der Waals surface area (Å²) in [5.41, 5.74) is 2.50. The molecule has 0 aliphatic heterocycles. The van der Waals surface area contributed by atoms with Crippen molar-refractivity contribution in [2.75, 3.05) is 20.8 Å². The van der Waals surface area contributed by atoms with E-state index in [0.29, 0.717) is 0 Å². The van der Waals surface area contributed by atoms with Crippen LogP contribution >= 0.6 is 31.9 Å². The quantitative estimate of drug-likeness (QED) is 0.655. The van der Waals surface area contributed by atoms with E-state index in [9.17, 15) is 0 Å². The highest BCUT2D eigenvalue weighted by Crippen LogP contribution is 2.34. The number of nitrogens with one attached hydrogen (secondary N) is 1. The Labute approximate surface area is 148 Å². The van der Waals surface area contributed by atoms with Crippen molar-refractivity contribution in [3.63, 3.8) is 0 Å². The molecule has 5 heteroatoms. The summed E-state index contributed by atoms with van der Waals surface area (Å²) in [6, 6.07) is 12.3. The molecule has 0 bridgehead atoms. The van der Waals surface area contributed by atoms with Crippen LogP contribution in [0.4, 0.5) is 0 Å². The number of hydrogen-bond acceptors (Lipinski definition) is 3. The van der Waals surface area contributed by atoms with Crippen molar-refractivity contribution in [1.82, 2.24) is 5.32 Å². The second-order valence-electron chi connectivity index (χ2n) is 4.87. The first-order valence-electron chi connectivity index (χ1n) is 6.99. The highest BCUT2D eigenvalue weighted by Gasteiger charge is 2.07. The first-order chi connectivity index (χ1) is 10.6. The van der Waals surface area contributed by atoms with Crippen LogP contribution in [0.5, 0.6) is 11.5 Å². The van der Waals surface area contributed by atoms with Gasteiger partial charge in [-0.3, -0.25) is 0 Å². The van der Waals surface area contributed by atoms with Crippen LogP contribution in [-0.2, 0) is 13.0 Å². The molecule has 2 aromatic carbocycles. The number of methoxy groups -OCH3 is 2. The summed E-state index contributed by atoms with van der Waals surface area (Å²) in [6.45, 7) is 1.74. The van der Waals surface area contributed by atoms with Gasteiger partial charge in [0.1, 0.15) is 11.5 Å². The second kappa shape index (κ2) is 8.56. The summed E-state index contributed by atoms with van der Waals surface area (Å²) in [5.74, 6) is 1.71. The largest absolute Gasteiger partial charge is 0.497 e. The van der Waals surface area contributed by atoms with Gasteiger partial charge in [0, 0.05) is 6.54 Å². The first-order valence-corrected chi connectivity index (χ1v) is 8.58. The van der Waals surface area contributed by atoms with Crippen LogP contribution in [0.15, 0.2) is 45.3 Å². The summed E-state index contributed by atoms with van der Waals surface area (Å²) in [7, 11) is 3.35. The van der Waals surface area contributed by atoms with E-state index in [1.165, 1.54) is 11.1 Å². The van der Waals surface area contributed by atoms with Crippen LogP contribution in [0.3, 0.4) is 0 Å². The van der Waals surface area contributed by atoms with Crippen molar-refractivity contribution < 1.29 is 9.47 Å². The minimum absolute atomic E-state index is 0.817. The lowest BCUT2D eigenvalue weighted by Crippen LogP contribution is -2.16. The Hall–Kier alpha value is -1.04. The summed E-state index contributed by atoms with van der Waals surface area (Å²) >= 11 is 7.05. The van der Waals surface area contributed by atoms with E-state index in [4.69, 9.17) is 9.47 Å². The lowest BCUT2D eigenvalue weighted by atomic mass is 10.1. The van der Waals surface area contributed by atoms with Gasteiger partial charge < -0.3 is 14.8 Å². The van der Waals surface area contributed by atoms with Crippen LogP contribution in [-0.4, -0.2) is 20.8 Å². The first kappa shape index (κ1) is 17.3. The van der Waals surface area contributed by atoms with Gasteiger partial charge in [-0.15, -0.1) is 0 Å². The maximum absolute atomic E-state index is 5.31. The Morgan fingerprint density at radius 2 is 1.55 bits per heavy atom. The fraction of sp³-hybridized carbons (Fsp3) is 0.294. The molecule has 0 aliphatic carbocycles. The zero-order valence-electron chi connectivity index (χ0n) is 12.7. The molecule has 0 spiro atoms. The van der Waals surface area contributed by atoms with Gasteiger partial charge in [-0.1, -0.05) is 12.1 Å². The molecular formula is C17H19Br2NO2. The highest BCUT2D eigenvalue weighted by molar-refractivity contribution is 9.11. The maximum Gasteiger partial charge on any atom is 0.147 e. The van der Waals surface area contributed by atoms with E-state index >= 15 is 0 Å². The lowest BCUT2D eigenvalue weighted by Gasteiger charge is -2.10. The van der Waals surface area contributed by atoms with Gasteiger partial charge in [0.15, 0.2) is 0 Å². The molecular weight excluding hydrogens is 410 g/mol. The molecule has 2 aromatic rings. The molecule has 0 atom stereocenters. The van der Waals surface area contributed by atoms with Gasteiger partial charge in [0.2, 0.25) is 0 Å². The van der Waals surface area contributed by atoms with Gasteiger partial charge in [-0.05, 0) is 80.2 Å². The third kappa shape index (κ3) is 4.73. The zero-order valence-corrected chi connectivity index (χ0v) is 15.8. The number of ether oxygens (including phenoxy) is 2. The predicted molar refractivity (Wildman–Crippen MR) is 96.8 cm³/mol. The molecule has 0 saturated carbocycles. The number of rotatable bonds is 7. The SMILES string of the molecule is COc1ccc(CCNCc2cc(Br)c(OC)c(Br)c2)cc1. The molecule has 0 aromatic heterocycles. The highest BCUT2D eigenvalue weighted by atomic mass is 79.9. The Kier molecular flexibility index (Phi) is 6.73. The van der Waals surface area contributed by atoms with Crippen LogP contribution in [0.25, 0.3) is 0 Å². The van der Waals surface area contributed by atoms with E-state index in [0.717, 1.165) is 40.0 Å². The number of halogens is 2. The summed E-state index contributed by atoms with van der Waals surface area (Å²) in [6.07, 6.45) is 0.989. The lowest BCUT2D eigenvalue weighted by molar-refractivity contribution is 0.409. The summed E-state index contributed by atoms with van der Waals surface area (Å²) in [4.78, 5) is 0. The minimum Gasteiger partial charge on any atom is -0.497 e. The molecule has 0 aliphatic rings. The van der Waals surface area contributed by atoms with E-state index in [1.807, 2.05) is 12.1 Å². The average Bonchev–Trinajstić information content (AvgIpc) is 2.52. The smallest absolute Gasteiger partial charge is 0.147 e. The van der Waals surface area contributed by atoms with Crippen molar-refractivity contribution in [1.29, 1.82) is 0 Å². The van der Waals surface area contributed by atoms with Crippen molar-refractivity contribution in [2.24, 2.45) is 0 Å². The molecule has 118 valence electrons. The number of hydrogen-bond donors (Lipinski definition) is 1. The topological polar surface area (TPSA) is 30.5 Å². The van der Waals surface area contributed by atoms with Gasteiger partial charge >= 0.3 is 0 Å². The molecule has 0 amide bonds. The van der Waals surface area contributed by atoms with Gasteiger partial charge in [-0.25, -0.2) is 0 Å². The molecule has 0 saturated heterocycles. The zero-order chi connectivity index (χ0) is 15.9. The van der Waals surface area contributed by atoms with E-state index in [1.54, 1.807) is 14.2 Å². The third-order valence-electron chi connectivity index (χ3n) is 3.34. The minimum atomic E-state index is 0.817. The molecule has 0 radical (unpaired) electrons. The summed E-state index contributed by atoms with van der Waals surface area (Å²) < 4.78 is 12.4. The Balaban J connectivity index is 1.83. The molecule has 0 fully saturated rings. The van der Waals surface area contributed by atoms with Gasteiger partial charge in [0.05, 0.1) is 23.2 Å². The van der Waals surface area contributed by atoms with Crippen LogP contribution < -0.4 is 14.8 Å². The Bertz CT molecular complexity index is 592. The average molecular weight is 429 g/mol. The van der Waals surface area contributed by atoms with Crippen molar-refractivity contribution >= 4 is 31.9 Å². The molecule has 22 heavy (non-hydrogen) atoms. The van der Waals surface area contributed by atoms with Crippen molar-refractivity contribution in [2.45, 2.75) is 13.0 Å². The monoisotopic (exact) mass is 427 g/mol. The van der Waals surface area contributed by atoms with Crippen molar-refractivity contribution in [3.8, 4) is 11.5 Å². The molecule has 3 nitrogen and oxygen atoms in total. The molecule has 0 unspecified atom stereocenters. The van der Waals surface area contributed by atoms with Gasteiger partial charge in [0.25, 0.3) is 0 Å². The third-order valence-corrected chi connectivity index (χ3v) is 4.52. The standard InChI is InChI=1S/C17H19Br2NO2/c1-21-14-5-3-12(4-6-14)7-8-20-11-13-9-15(18)17(22-2)16(19)10-13/h3-6,9-10,20H,7-8,11H2,1-2H3. The fourth-order valence-electron chi connectivity index (χ4n) is 2.17. The molecule has 2 rings (SSSR count). The maximum atomic E-state index is 5.31. The normalized spacial score (nSPS) is 10.5. The van der Waals surface area contributed by atoms with E-state index in [-0.39, 0.29) is 0 Å². The Morgan fingerprint density at radius 3 is 2.09 bits per heavy atom. The van der Waals surface area contributed by atoms with Crippen LogP contribution in [0.1, 0.15) is 11.1 Å². The summed E-state index contributed by atoms with van der Waals surface area (Å²) in [5, 5.41) is 3.46. The van der Waals surface area contributed by atoms with Crippen LogP contribution in [0, 0.1) is 0 Å². The number of benzene rings is 2. The molecule has 1 N–H and O–H groups in total. The fourth-order valence-corrected chi connectivity index (χ4v) is 3.77. The molecule has 0 heterocycles. The van der Waals surface area contributed by atoms with Crippen molar-refractivity contribution in [3.05, 3.63) is 56.5 Å². The van der Waals surface area contributed by atoms with Crippen LogP contribution in [0.2, 0.25) is 0 Å². The predicted octanol–water partition coefficient (Wildman–Crippen LogP) is 4.56. The second-order valence-corrected chi connectivity index (χ2v) is 6.58. The Morgan fingerprint density at radius 1 is 0.909 bits per heavy atom.